The molecule has 96 valence electrons. The van der Waals surface area contributed by atoms with E-state index in [0.29, 0.717) is 13.0 Å². The van der Waals surface area contributed by atoms with Crippen LogP contribution in [0.4, 0.5) is 0 Å². The molecule has 0 radical (unpaired) electrons. The van der Waals surface area contributed by atoms with Gasteiger partial charge in [0.05, 0.1) is 17.7 Å². The summed E-state index contributed by atoms with van der Waals surface area (Å²) in [5, 5.41) is 10.7. The highest BCUT2D eigenvalue weighted by Crippen LogP contribution is 2.20. The van der Waals surface area contributed by atoms with Gasteiger partial charge in [0.2, 0.25) is 0 Å². The van der Waals surface area contributed by atoms with E-state index in [9.17, 15) is 5.11 Å². The largest absolute Gasteiger partial charge is 0.493 e. The topological polar surface area (TPSA) is 42.4 Å². The first-order valence-corrected chi connectivity index (χ1v) is 6.16. The van der Waals surface area contributed by atoms with Crippen LogP contribution in [0.2, 0.25) is 0 Å². The third kappa shape index (κ3) is 3.44. The number of nitrogens with zero attached hydrogens (tertiary/aromatic N) is 1. The Labute approximate surface area is 107 Å². The lowest BCUT2D eigenvalue weighted by Crippen LogP contribution is -2.21. The average Bonchev–Trinajstić information content (AvgIpc) is 2.26. The van der Waals surface area contributed by atoms with Gasteiger partial charge in [-0.1, -0.05) is 0 Å². The van der Waals surface area contributed by atoms with Gasteiger partial charge in [-0.05, 0) is 50.6 Å². The van der Waals surface area contributed by atoms with E-state index in [4.69, 9.17) is 4.74 Å². The first-order valence-electron chi connectivity index (χ1n) is 6.16. The maximum atomic E-state index is 9.61. The van der Waals surface area contributed by atoms with Gasteiger partial charge in [-0.2, -0.15) is 0 Å². The lowest BCUT2D eigenvalue weighted by molar-refractivity contribution is 0.0554. The normalized spacial score (nSPS) is 11.8. The van der Waals surface area contributed by atoms with Crippen LogP contribution in [0.15, 0.2) is 30.5 Å². The van der Waals surface area contributed by atoms with Crippen molar-refractivity contribution in [1.82, 2.24) is 4.98 Å². The Morgan fingerprint density at radius 2 is 2.06 bits per heavy atom. The molecule has 0 saturated heterocycles. The number of aliphatic hydroxyl groups is 1. The Kier molecular flexibility index (Phi) is 3.53. The van der Waals surface area contributed by atoms with Gasteiger partial charge >= 0.3 is 0 Å². The predicted octanol–water partition coefficient (Wildman–Crippen LogP) is 3.08. The Balaban J connectivity index is 2.10. The standard InChI is InChI=1S/C15H19NO2/c1-11-8-12-9-13(4-5-14(12)16-10-11)18-7-6-15(2,3)17/h4-5,8-10,17H,6-7H2,1-3H3. The molecule has 2 aromatic rings. The van der Waals surface area contributed by atoms with E-state index in [0.717, 1.165) is 22.2 Å². The Morgan fingerprint density at radius 3 is 2.78 bits per heavy atom. The van der Waals surface area contributed by atoms with Crippen molar-refractivity contribution in [3.63, 3.8) is 0 Å². The minimum absolute atomic E-state index is 0.508. The zero-order chi connectivity index (χ0) is 13.2. The van der Waals surface area contributed by atoms with Gasteiger partial charge < -0.3 is 9.84 Å². The molecule has 2 rings (SSSR count). The molecular weight excluding hydrogens is 226 g/mol. The van der Waals surface area contributed by atoms with Crippen LogP contribution >= 0.6 is 0 Å². The van der Waals surface area contributed by atoms with Crippen molar-refractivity contribution < 1.29 is 9.84 Å². The molecule has 1 aromatic heterocycles. The first-order chi connectivity index (χ1) is 8.44. The molecule has 0 aliphatic heterocycles. The van der Waals surface area contributed by atoms with Gasteiger partial charge in [0.1, 0.15) is 5.75 Å². The number of aryl methyl sites for hydroxylation is 1. The SMILES string of the molecule is Cc1cnc2ccc(OCCC(C)(C)O)cc2c1. The maximum Gasteiger partial charge on any atom is 0.120 e. The van der Waals surface area contributed by atoms with Crippen molar-refractivity contribution in [2.24, 2.45) is 0 Å². The number of hydrogen-bond acceptors (Lipinski definition) is 3. The fraction of sp³-hybridized carbons (Fsp3) is 0.400. The highest BCUT2D eigenvalue weighted by molar-refractivity contribution is 5.80. The van der Waals surface area contributed by atoms with Gasteiger partial charge in [-0.3, -0.25) is 4.98 Å². The number of ether oxygens (including phenoxy) is 1. The summed E-state index contributed by atoms with van der Waals surface area (Å²) in [5.41, 5.74) is 1.42. The van der Waals surface area contributed by atoms with Crippen molar-refractivity contribution >= 4 is 10.9 Å². The zero-order valence-electron chi connectivity index (χ0n) is 11.1. The fourth-order valence-electron chi connectivity index (χ4n) is 1.73. The lowest BCUT2D eigenvalue weighted by atomic mass is 10.1. The second kappa shape index (κ2) is 4.94. The second-order valence-corrected chi connectivity index (χ2v) is 5.28. The summed E-state index contributed by atoms with van der Waals surface area (Å²) < 4.78 is 5.64. The molecule has 0 saturated carbocycles. The minimum atomic E-state index is -0.686. The summed E-state index contributed by atoms with van der Waals surface area (Å²) in [6.45, 7) is 6.09. The molecule has 1 aromatic carbocycles. The maximum absolute atomic E-state index is 9.61. The van der Waals surface area contributed by atoms with Crippen LogP contribution in [-0.2, 0) is 0 Å². The molecule has 18 heavy (non-hydrogen) atoms. The molecule has 0 aliphatic rings. The van der Waals surface area contributed by atoms with Crippen molar-refractivity contribution in [2.45, 2.75) is 32.8 Å². The van der Waals surface area contributed by atoms with Crippen LogP contribution in [0.5, 0.6) is 5.75 Å². The van der Waals surface area contributed by atoms with Crippen LogP contribution in [-0.4, -0.2) is 22.3 Å². The number of fused-ring (bicyclic) bond motifs is 1. The van der Waals surface area contributed by atoms with Gasteiger partial charge in [0, 0.05) is 18.0 Å². The van der Waals surface area contributed by atoms with Crippen molar-refractivity contribution in [2.75, 3.05) is 6.61 Å². The molecule has 1 N–H and O–H groups in total. The molecule has 0 spiro atoms. The summed E-state index contributed by atoms with van der Waals surface area (Å²) >= 11 is 0. The Morgan fingerprint density at radius 1 is 1.28 bits per heavy atom. The van der Waals surface area contributed by atoms with E-state index in [1.807, 2.05) is 31.3 Å². The highest BCUT2D eigenvalue weighted by Gasteiger charge is 2.12. The van der Waals surface area contributed by atoms with E-state index in [2.05, 4.69) is 11.1 Å². The molecule has 0 atom stereocenters. The van der Waals surface area contributed by atoms with Crippen LogP contribution in [0.1, 0.15) is 25.8 Å². The number of pyridine rings is 1. The average molecular weight is 245 g/mol. The zero-order valence-corrected chi connectivity index (χ0v) is 11.1. The van der Waals surface area contributed by atoms with Gasteiger partial charge in [-0.25, -0.2) is 0 Å². The number of rotatable bonds is 4. The highest BCUT2D eigenvalue weighted by atomic mass is 16.5. The Bertz CT molecular complexity index is 544. The predicted molar refractivity (Wildman–Crippen MR) is 72.9 cm³/mol. The molecule has 0 aliphatic carbocycles. The summed E-state index contributed by atoms with van der Waals surface area (Å²) in [6.07, 6.45) is 2.47. The van der Waals surface area contributed by atoms with Crippen LogP contribution in [0.3, 0.4) is 0 Å². The number of aromatic nitrogens is 1. The summed E-state index contributed by atoms with van der Waals surface area (Å²) in [4.78, 5) is 4.35. The van der Waals surface area contributed by atoms with E-state index < -0.39 is 5.60 Å². The molecule has 0 unspecified atom stereocenters. The summed E-state index contributed by atoms with van der Waals surface area (Å²) in [7, 11) is 0. The molecule has 3 heteroatoms. The number of benzene rings is 1. The second-order valence-electron chi connectivity index (χ2n) is 5.28. The molecule has 0 amide bonds. The monoisotopic (exact) mass is 245 g/mol. The van der Waals surface area contributed by atoms with Gasteiger partial charge in [0.25, 0.3) is 0 Å². The lowest BCUT2D eigenvalue weighted by Gasteiger charge is -2.17. The summed E-state index contributed by atoms with van der Waals surface area (Å²) in [6, 6.07) is 7.94. The van der Waals surface area contributed by atoms with Crippen LogP contribution in [0.25, 0.3) is 10.9 Å². The summed E-state index contributed by atoms with van der Waals surface area (Å²) in [5.74, 6) is 0.819. The van der Waals surface area contributed by atoms with Gasteiger partial charge in [-0.15, -0.1) is 0 Å². The molecule has 3 nitrogen and oxygen atoms in total. The quantitative estimate of drug-likeness (QED) is 0.900. The fourth-order valence-corrected chi connectivity index (χ4v) is 1.73. The van der Waals surface area contributed by atoms with Crippen LogP contribution in [0, 0.1) is 6.92 Å². The van der Waals surface area contributed by atoms with Crippen LogP contribution < -0.4 is 4.74 Å². The number of hydrogen-bond donors (Lipinski definition) is 1. The molecule has 0 bridgehead atoms. The molecular formula is C15H19NO2. The smallest absolute Gasteiger partial charge is 0.120 e. The molecule has 0 fully saturated rings. The van der Waals surface area contributed by atoms with Crippen molar-refractivity contribution in [3.05, 3.63) is 36.0 Å². The van der Waals surface area contributed by atoms with Crippen molar-refractivity contribution in [3.8, 4) is 5.75 Å². The molecule has 1 heterocycles. The Hall–Kier alpha value is -1.61. The van der Waals surface area contributed by atoms with E-state index in [1.165, 1.54) is 0 Å². The minimum Gasteiger partial charge on any atom is -0.493 e. The van der Waals surface area contributed by atoms with E-state index >= 15 is 0 Å². The van der Waals surface area contributed by atoms with Gasteiger partial charge in [0.15, 0.2) is 0 Å². The van der Waals surface area contributed by atoms with E-state index in [-0.39, 0.29) is 0 Å². The van der Waals surface area contributed by atoms with Crippen molar-refractivity contribution in [1.29, 1.82) is 0 Å². The van der Waals surface area contributed by atoms with E-state index in [1.54, 1.807) is 13.8 Å². The third-order valence-electron chi connectivity index (χ3n) is 2.77. The first kappa shape index (κ1) is 12.8. The third-order valence-corrected chi connectivity index (χ3v) is 2.77.